The zero-order valence-corrected chi connectivity index (χ0v) is 7.06. The van der Waals surface area contributed by atoms with Crippen molar-refractivity contribution in [3.05, 3.63) is 23.5 Å². The second-order valence-electron chi connectivity index (χ2n) is 2.41. The van der Waals surface area contributed by atoms with Crippen LogP contribution in [0.5, 0.6) is 0 Å². The highest BCUT2D eigenvalue weighted by Gasteiger charge is 2.04. The molecular weight excluding hydrogens is 168 g/mol. The van der Waals surface area contributed by atoms with E-state index in [0.717, 1.165) is 0 Å². The summed E-state index contributed by atoms with van der Waals surface area (Å²) in [7, 11) is 1.71. The molecule has 0 radical (unpaired) electrons. The van der Waals surface area contributed by atoms with E-state index in [1.54, 1.807) is 30.1 Å². The maximum absolute atomic E-state index is 10.7. The number of nitriles is 1. The van der Waals surface area contributed by atoms with Gasteiger partial charge in [0.2, 0.25) is 0 Å². The van der Waals surface area contributed by atoms with Crippen molar-refractivity contribution in [1.29, 1.82) is 5.26 Å². The summed E-state index contributed by atoms with van der Waals surface area (Å²) in [5.74, 6) is -0.733. The van der Waals surface area contributed by atoms with Gasteiger partial charge in [0.1, 0.15) is 11.6 Å². The first kappa shape index (κ1) is 9.00. The van der Waals surface area contributed by atoms with Gasteiger partial charge >= 0.3 is 0 Å². The number of carbonyl (C=O) groups is 1. The second-order valence-corrected chi connectivity index (χ2v) is 2.41. The Balaban J connectivity index is 3.07. The Morgan fingerprint density at radius 3 is 2.92 bits per heavy atom. The van der Waals surface area contributed by atoms with Gasteiger partial charge in [0, 0.05) is 13.2 Å². The van der Waals surface area contributed by atoms with Gasteiger partial charge in [0.15, 0.2) is 0 Å². The lowest BCUT2D eigenvalue weighted by Gasteiger charge is -1.94. The largest absolute Gasteiger partial charge is 0.365 e. The van der Waals surface area contributed by atoms with Crippen molar-refractivity contribution in [2.24, 2.45) is 12.8 Å². The molecule has 0 saturated heterocycles. The number of nitrogens with zero attached hydrogens (tertiary/aromatic N) is 3. The highest BCUT2D eigenvalue weighted by Crippen LogP contribution is 2.03. The van der Waals surface area contributed by atoms with E-state index in [-0.39, 0.29) is 5.57 Å². The number of nitrogens with two attached hydrogens (primary N) is 1. The van der Waals surface area contributed by atoms with Gasteiger partial charge in [0.05, 0.1) is 5.69 Å². The molecule has 0 fully saturated rings. The zero-order valence-electron chi connectivity index (χ0n) is 7.06. The third-order valence-electron chi connectivity index (χ3n) is 1.54. The fraction of sp³-hybridized carbons (Fsp3) is 0.125. The van der Waals surface area contributed by atoms with Crippen LogP contribution in [0, 0.1) is 11.3 Å². The molecule has 13 heavy (non-hydrogen) atoms. The summed E-state index contributed by atoms with van der Waals surface area (Å²) >= 11 is 0. The van der Waals surface area contributed by atoms with Gasteiger partial charge < -0.3 is 5.73 Å². The Morgan fingerprint density at radius 2 is 2.54 bits per heavy atom. The van der Waals surface area contributed by atoms with E-state index in [2.05, 4.69) is 5.10 Å². The Morgan fingerprint density at radius 1 is 1.85 bits per heavy atom. The smallest absolute Gasteiger partial charge is 0.259 e. The van der Waals surface area contributed by atoms with Gasteiger partial charge in [-0.1, -0.05) is 0 Å². The van der Waals surface area contributed by atoms with Crippen molar-refractivity contribution in [2.75, 3.05) is 0 Å². The first-order chi connectivity index (χ1) is 6.15. The summed E-state index contributed by atoms with van der Waals surface area (Å²) in [4.78, 5) is 10.7. The Labute approximate surface area is 75.1 Å². The molecule has 0 aliphatic carbocycles. The Bertz CT molecular complexity index is 397. The molecule has 1 aromatic rings. The van der Waals surface area contributed by atoms with Gasteiger partial charge in [-0.15, -0.1) is 0 Å². The number of primary amides is 1. The molecule has 0 aliphatic heterocycles. The molecule has 0 bridgehead atoms. The molecule has 0 saturated carbocycles. The SMILES string of the molecule is Cn1nccc1/C=C(/C#N)C(N)=O. The van der Waals surface area contributed by atoms with Gasteiger partial charge in [0.25, 0.3) is 5.91 Å². The van der Waals surface area contributed by atoms with E-state index in [1.807, 2.05) is 0 Å². The van der Waals surface area contributed by atoms with E-state index in [9.17, 15) is 4.79 Å². The first-order valence-corrected chi connectivity index (χ1v) is 3.54. The monoisotopic (exact) mass is 176 g/mol. The number of aromatic nitrogens is 2. The molecule has 5 heteroatoms. The van der Waals surface area contributed by atoms with Crippen LogP contribution >= 0.6 is 0 Å². The average molecular weight is 176 g/mol. The van der Waals surface area contributed by atoms with Crippen LogP contribution in [-0.2, 0) is 11.8 Å². The predicted molar refractivity (Wildman–Crippen MR) is 46.0 cm³/mol. The molecular formula is C8H8N4O. The fourth-order valence-electron chi connectivity index (χ4n) is 0.832. The highest BCUT2D eigenvalue weighted by atomic mass is 16.1. The third kappa shape index (κ3) is 1.93. The van der Waals surface area contributed by atoms with Gasteiger partial charge in [-0.3, -0.25) is 9.48 Å². The van der Waals surface area contributed by atoms with E-state index >= 15 is 0 Å². The topological polar surface area (TPSA) is 84.7 Å². The molecule has 0 aromatic carbocycles. The lowest BCUT2D eigenvalue weighted by atomic mass is 10.2. The average Bonchev–Trinajstić information content (AvgIpc) is 2.46. The molecule has 1 rings (SSSR count). The Kier molecular flexibility index (Phi) is 2.45. The van der Waals surface area contributed by atoms with Crippen LogP contribution < -0.4 is 5.73 Å². The standard InChI is InChI=1S/C8H8N4O/c1-12-7(2-3-11-12)4-6(5-9)8(10)13/h2-4H,1H3,(H2,10,13)/b6-4-. The second kappa shape index (κ2) is 3.54. The number of aryl methyl sites for hydroxylation is 1. The van der Waals surface area contributed by atoms with Crippen LogP contribution in [-0.4, -0.2) is 15.7 Å². The van der Waals surface area contributed by atoms with Crippen molar-refractivity contribution in [1.82, 2.24) is 9.78 Å². The van der Waals surface area contributed by atoms with E-state index < -0.39 is 5.91 Å². The van der Waals surface area contributed by atoms with Crippen LogP contribution in [0.2, 0.25) is 0 Å². The van der Waals surface area contributed by atoms with Gasteiger partial charge in [-0.05, 0) is 12.1 Å². The van der Waals surface area contributed by atoms with Gasteiger partial charge in [-0.2, -0.15) is 10.4 Å². The molecule has 1 aromatic heterocycles. The summed E-state index contributed by atoms with van der Waals surface area (Å²) < 4.78 is 1.54. The summed E-state index contributed by atoms with van der Waals surface area (Å²) in [5.41, 5.74) is 5.54. The summed E-state index contributed by atoms with van der Waals surface area (Å²) in [6, 6.07) is 3.39. The van der Waals surface area contributed by atoms with E-state index in [0.29, 0.717) is 5.69 Å². The highest BCUT2D eigenvalue weighted by molar-refractivity contribution is 6.00. The maximum atomic E-state index is 10.7. The molecule has 0 spiro atoms. The van der Waals surface area contributed by atoms with Gasteiger partial charge in [-0.25, -0.2) is 0 Å². The number of hydrogen-bond acceptors (Lipinski definition) is 3. The summed E-state index contributed by atoms with van der Waals surface area (Å²) in [6.45, 7) is 0. The third-order valence-corrected chi connectivity index (χ3v) is 1.54. The zero-order chi connectivity index (χ0) is 9.84. The van der Waals surface area contributed by atoms with Crippen LogP contribution in [0.15, 0.2) is 17.8 Å². The fourth-order valence-corrected chi connectivity index (χ4v) is 0.832. The van der Waals surface area contributed by atoms with Crippen molar-refractivity contribution in [3.63, 3.8) is 0 Å². The Hall–Kier alpha value is -2.09. The molecule has 0 atom stereocenters. The molecule has 66 valence electrons. The van der Waals surface area contributed by atoms with Crippen LogP contribution in [0.3, 0.4) is 0 Å². The minimum Gasteiger partial charge on any atom is -0.365 e. The number of carbonyl (C=O) groups excluding carboxylic acids is 1. The molecule has 5 nitrogen and oxygen atoms in total. The summed E-state index contributed by atoms with van der Waals surface area (Å²) in [6.07, 6.45) is 2.97. The molecule has 1 heterocycles. The lowest BCUT2D eigenvalue weighted by molar-refractivity contribution is -0.114. The minimum absolute atomic E-state index is 0.0800. The minimum atomic E-state index is -0.733. The van der Waals surface area contributed by atoms with Crippen LogP contribution in [0.4, 0.5) is 0 Å². The normalized spacial score (nSPS) is 10.9. The van der Waals surface area contributed by atoms with Crippen molar-refractivity contribution in [2.45, 2.75) is 0 Å². The van der Waals surface area contributed by atoms with Crippen molar-refractivity contribution >= 4 is 12.0 Å². The predicted octanol–water partition coefficient (Wildman–Crippen LogP) is -0.188. The lowest BCUT2D eigenvalue weighted by Crippen LogP contribution is -2.12. The van der Waals surface area contributed by atoms with Crippen molar-refractivity contribution in [3.8, 4) is 6.07 Å². The van der Waals surface area contributed by atoms with E-state index in [1.165, 1.54) is 6.08 Å². The van der Waals surface area contributed by atoms with Crippen LogP contribution in [0.1, 0.15) is 5.69 Å². The molecule has 1 amide bonds. The van der Waals surface area contributed by atoms with Crippen molar-refractivity contribution < 1.29 is 4.79 Å². The number of rotatable bonds is 2. The summed E-state index contributed by atoms with van der Waals surface area (Å²) in [5, 5.41) is 12.4. The quantitative estimate of drug-likeness (QED) is 0.500. The molecule has 2 N–H and O–H groups in total. The van der Waals surface area contributed by atoms with Crippen LogP contribution in [0.25, 0.3) is 6.08 Å². The first-order valence-electron chi connectivity index (χ1n) is 3.54. The number of amides is 1. The molecule has 0 unspecified atom stereocenters. The molecule has 0 aliphatic rings. The number of hydrogen-bond donors (Lipinski definition) is 1. The maximum Gasteiger partial charge on any atom is 0.259 e. The van der Waals surface area contributed by atoms with E-state index in [4.69, 9.17) is 11.0 Å².